The topological polar surface area (TPSA) is 117 Å². The summed E-state index contributed by atoms with van der Waals surface area (Å²) >= 11 is 0. The number of aromatic hydroxyl groups is 1. The summed E-state index contributed by atoms with van der Waals surface area (Å²) in [5.74, 6) is 0.854. The molecule has 0 heterocycles. The molecule has 8 nitrogen and oxygen atoms in total. The van der Waals surface area contributed by atoms with Crippen LogP contribution in [0.15, 0.2) is 91.0 Å². The average Bonchev–Trinajstić information content (AvgIpc) is 3.05. The van der Waals surface area contributed by atoms with Gasteiger partial charge in [-0.1, -0.05) is 63.3 Å². The van der Waals surface area contributed by atoms with Crippen LogP contribution in [0.4, 0.5) is 0 Å². The van der Waals surface area contributed by atoms with Crippen LogP contribution in [-0.2, 0) is 0 Å². The smallest absolute Gasteiger partial charge is 0.347 e. The first kappa shape index (κ1) is 33.1. The number of carbonyl (C=O) groups is 2. The molecule has 0 saturated carbocycles. The van der Waals surface area contributed by atoms with Gasteiger partial charge >= 0.3 is 11.9 Å². The molecule has 0 aromatic heterocycles. The fourth-order valence-electron chi connectivity index (χ4n) is 4.57. The van der Waals surface area contributed by atoms with E-state index in [0.717, 1.165) is 24.0 Å². The van der Waals surface area contributed by atoms with E-state index in [1.807, 2.05) is 24.3 Å². The fourth-order valence-corrected chi connectivity index (χ4v) is 4.57. The van der Waals surface area contributed by atoms with Crippen molar-refractivity contribution < 1.29 is 33.6 Å². The van der Waals surface area contributed by atoms with Gasteiger partial charge in [-0.2, -0.15) is 0 Å². The second-order valence-electron chi connectivity index (χ2n) is 10.6. The minimum absolute atomic E-state index is 0.0758. The van der Waals surface area contributed by atoms with Gasteiger partial charge in [0.15, 0.2) is 0 Å². The molecule has 0 unspecified atom stereocenters. The first-order valence-corrected chi connectivity index (χ1v) is 15.5. The second kappa shape index (κ2) is 17.5. The number of esters is 2. The molecule has 0 saturated heterocycles. The van der Waals surface area contributed by atoms with Crippen LogP contribution in [0, 0.1) is 0 Å². The van der Waals surface area contributed by atoms with E-state index in [2.05, 4.69) is 6.92 Å². The highest BCUT2D eigenvalue weighted by atomic mass is 16.5. The van der Waals surface area contributed by atoms with Gasteiger partial charge in [0.25, 0.3) is 0 Å². The predicted octanol–water partition coefficient (Wildman–Crippen LogP) is 7.96. The number of hydrogen-bond donors (Lipinski definition) is 2. The van der Waals surface area contributed by atoms with Crippen molar-refractivity contribution in [3.63, 3.8) is 0 Å². The Hall–Kier alpha value is -4.82. The number of phenolic OH excluding ortho intramolecular Hbond substituents is 1. The lowest BCUT2D eigenvalue weighted by molar-refractivity contribution is 0.0722. The maximum Gasteiger partial charge on any atom is 0.347 e. The van der Waals surface area contributed by atoms with Crippen molar-refractivity contribution in [1.29, 1.82) is 0 Å². The van der Waals surface area contributed by atoms with Gasteiger partial charge in [0.1, 0.15) is 34.3 Å². The number of ether oxygens (including phenoxy) is 4. The highest BCUT2D eigenvalue weighted by Crippen LogP contribution is 2.29. The normalized spacial score (nSPS) is 10.7. The van der Waals surface area contributed by atoms with Crippen LogP contribution in [0.2, 0.25) is 0 Å². The summed E-state index contributed by atoms with van der Waals surface area (Å²) < 4.78 is 22.9. The van der Waals surface area contributed by atoms with Crippen LogP contribution in [-0.4, -0.2) is 36.8 Å². The van der Waals surface area contributed by atoms with E-state index in [9.17, 15) is 14.7 Å². The minimum atomic E-state index is -0.534. The molecule has 0 spiro atoms. The van der Waals surface area contributed by atoms with Crippen LogP contribution < -0.4 is 24.7 Å². The largest absolute Gasteiger partial charge is 0.508 e. The summed E-state index contributed by atoms with van der Waals surface area (Å²) in [6.45, 7) is 3.67. The number of unbranched alkanes of at least 4 members (excludes halogenated alkanes) is 5. The van der Waals surface area contributed by atoms with Crippen LogP contribution >= 0.6 is 0 Å². The molecule has 4 aromatic rings. The molecule has 45 heavy (non-hydrogen) atoms. The Balaban J connectivity index is 1.34. The highest BCUT2D eigenvalue weighted by Gasteiger charge is 2.17. The maximum absolute atomic E-state index is 13.1. The number of benzene rings is 4. The summed E-state index contributed by atoms with van der Waals surface area (Å²) in [5, 5.41) is 9.40. The molecule has 0 bridgehead atoms. The Morgan fingerprint density at radius 2 is 1.18 bits per heavy atom. The van der Waals surface area contributed by atoms with E-state index in [1.165, 1.54) is 49.9 Å². The van der Waals surface area contributed by atoms with Crippen LogP contribution in [0.1, 0.15) is 72.6 Å². The lowest BCUT2D eigenvalue weighted by Gasteiger charge is -2.14. The van der Waals surface area contributed by atoms with Crippen molar-refractivity contribution >= 4 is 11.9 Å². The predicted molar refractivity (Wildman–Crippen MR) is 174 cm³/mol. The molecule has 0 atom stereocenters. The molecule has 0 aliphatic heterocycles. The number of rotatable bonds is 17. The third-order valence-electron chi connectivity index (χ3n) is 7.11. The van der Waals surface area contributed by atoms with E-state index in [-0.39, 0.29) is 5.75 Å². The molecule has 4 aromatic carbocycles. The van der Waals surface area contributed by atoms with Crippen molar-refractivity contribution in [2.75, 3.05) is 19.8 Å². The number of phenols is 1. The molecule has 0 aliphatic rings. The van der Waals surface area contributed by atoms with Gasteiger partial charge in [0, 0.05) is 6.07 Å². The number of carbonyl (C=O) groups excluding carboxylic acids is 2. The Morgan fingerprint density at radius 3 is 1.80 bits per heavy atom. The van der Waals surface area contributed by atoms with Crippen molar-refractivity contribution in [1.82, 2.24) is 0 Å². The molecular formula is C37H41NO7. The Bertz CT molecular complexity index is 1500. The van der Waals surface area contributed by atoms with Gasteiger partial charge in [-0.05, 0) is 91.2 Å². The van der Waals surface area contributed by atoms with Crippen LogP contribution in [0.3, 0.4) is 0 Å². The number of hydrogen-bond acceptors (Lipinski definition) is 8. The molecule has 8 heteroatoms. The molecule has 4 rings (SSSR count). The third kappa shape index (κ3) is 10.4. The quantitative estimate of drug-likeness (QED) is 0.0701. The summed E-state index contributed by atoms with van der Waals surface area (Å²) in [7, 11) is 0. The Labute approximate surface area is 264 Å². The Kier molecular flexibility index (Phi) is 12.8. The lowest BCUT2D eigenvalue weighted by atomic mass is 10.1. The van der Waals surface area contributed by atoms with Crippen molar-refractivity contribution in [3.8, 4) is 39.9 Å². The zero-order chi connectivity index (χ0) is 31.9. The third-order valence-corrected chi connectivity index (χ3v) is 7.11. The first-order chi connectivity index (χ1) is 22.0. The van der Waals surface area contributed by atoms with Gasteiger partial charge in [0.2, 0.25) is 0 Å². The zero-order valence-electron chi connectivity index (χ0n) is 25.7. The zero-order valence-corrected chi connectivity index (χ0v) is 25.7. The summed E-state index contributed by atoms with van der Waals surface area (Å²) in [6, 6.07) is 25.2. The molecule has 3 N–H and O–H groups in total. The number of nitrogens with two attached hydrogens (primary N) is 1. The molecule has 0 aliphatic carbocycles. The van der Waals surface area contributed by atoms with Gasteiger partial charge in [-0.25, -0.2) is 9.59 Å². The van der Waals surface area contributed by atoms with E-state index in [0.29, 0.717) is 60.3 Å². The molecule has 0 radical (unpaired) electrons. The summed E-state index contributed by atoms with van der Waals surface area (Å²) in [6.07, 6.45) is 7.72. The van der Waals surface area contributed by atoms with Crippen LogP contribution in [0.25, 0.3) is 11.1 Å². The first-order valence-electron chi connectivity index (χ1n) is 15.5. The van der Waals surface area contributed by atoms with Gasteiger partial charge in [-0.15, -0.1) is 0 Å². The van der Waals surface area contributed by atoms with Crippen LogP contribution in [0.5, 0.6) is 28.7 Å². The van der Waals surface area contributed by atoms with E-state index < -0.39 is 11.9 Å². The highest BCUT2D eigenvalue weighted by molar-refractivity contribution is 5.94. The standard InChI is InChI=1S/C37H41NO7/c1-2-3-4-5-6-7-24-42-33-21-22-34(35(26-33)43-25-8-23-38)37(41)45-32-19-13-28(14-20-32)27-11-17-31(18-12-27)44-36(40)29-9-15-30(39)16-10-29/h9-22,26,39H,2-8,23-25,38H2,1H3. The minimum Gasteiger partial charge on any atom is -0.508 e. The van der Waals surface area contributed by atoms with Crippen molar-refractivity contribution in [2.45, 2.75) is 51.9 Å². The van der Waals surface area contributed by atoms with Gasteiger partial charge < -0.3 is 29.8 Å². The molecular weight excluding hydrogens is 570 g/mol. The van der Waals surface area contributed by atoms with E-state index in [1.54, 1.807) is 42.5 Å². The average molecular weight is 612 g/mol. The van der Waals surface area contributed by atoms with Gasteiger partial charge in [0.05, 0.1) is 18.8 Å². The SMILES string of the molecule is CCCCCCCCOc1ccc(C(=O)Oc2ccc(-c3ccc(OC(=O)c4ccc(O)cc4)cc3)cc2)c(OCCCN)c1. The fraction of sp³-hybridized carbons (Fsp3) is 0.297. The molecule has 0 amide bonds. The van der Waals surface area contributed by atoms with Gasteiger partial charge in [-0.3, -0.25) is 0 Å². The molecule has 0 fully saturated rings. The monoisotopic (exact) mass is 611 g/mol. The second-order valence-corrected chi connectivity index (χ2v) is 10.6. The van der Waals surface area contributed by atoms with Crippen molar-refractivity contribution in [2.24, 2.45) is 5.73 Å². The maximum atomic E-state index is 13.1. The lowest BCUT2D eigenvalue weighted by Crippen LogP contribution is -2.13. The Morgan fingerprint density at radius 1 is 0.622 bits per heavy atom. The van der Waals surface area contributed by atoms with E-state index in [4.69, 9.17) is 24.7 Å². The van der Waals surface area contributed by atoms with E-state index >= 15 is 0 Å². The summed E-state index contributed by atoms with van der Waals surface area (Å²) in [5.41, 5.74) is 8.06. The van der Waals surface area contributed by atoms with Crippen molar-refractivity contribution in [3.05, 3.63) is 102 Å². The summed E-state index contributed by atoms with van der Waals surface area (Å²) in [4.78, 5) is 25.5. The molecule has 236 valence electrons.